The molecule has 29 heavy (non-hydrogen) atoms. The Labute approximate surface area is 191 Å². The molecule has 0 saturated carbocycles. The van der Waals surface area contributed by atoms with E-state index in [1.54, 1.807) is 0 Å². The third kappa shape index (κ3) is 3.48. The van der Waals surface area contributed by atoms with Crippen LogP contribution in [-0.4, -0.2) is 5.78 Å². The van der Waals surface area contributed by atoms with Gasteiger partial charge < -0.3 is 5.73 Å². The molecule has 1 aliphatic carbocycles. The van der Waals surface area contributed by atoms with Gasteiger partial charge in [0.05, 0.1) is 23.2 Å². The van der Waals surface area contributed by atoms with E-state index in [0.29, 0.717) is 29.8 Å². The van der Waals surface area contributed by atoms with E-state index >= 15 is 0 Å². The minimum Gasteiger partial charge on any atom is -0.384 e. The van der Waals surface area contributed by atoms with Gasteiger partial charge in [-0.25, -0.2) is 0 Å². The molecule has 0 saturated heterocycles. The van der Waals surface area contributed by atoms with Gasteiger partial charge in [-0.15, -0.1) is 11.3 Å². The Balaban J connectivity index is 2.02. The zero-order chi connectivity index (χ0) is 20.9. The fourth-order valence-corrected chi connectivity index (χ4v) is 6.21. The zero-order valence-electron chi connectivity index (χ0n) is 16.0. The summed E-state index contributed by atoms with van der Waals surface area (Å²) in [6.07, 6.45) is 1.16. The fourth-order valence-electron chi connectivity index (χ4n) is 4.18. The van der Waals surface area contributed by atoms with E-state index in [1.807, 2.05) is 40.6 Å². The number of nitriles is 1. The van der Waals surface area contributed by atoms with Crippen LogP contribution in [0.2, 0.25) is 0 Å². The average Bonchev–Trinajstić information content (AvgIpc) is 3.07. The van der Waals surface area contributed by atoms with Crippen LogP contribution in [0, 0.1) is 16.7 Å². The monoisotopic (exact) mass is 531 g/mol. The van der Waals surface area contributed by atoms with Gasteiger partial charge in [0, 0.05) is 36.9 Å². The summed E-state index contributed by atoms with van der Waals surface area (Å²) in [5, 5.41) is 12.0. The third-order valence-electron chi connectivity index (χ3n) is 5.35. The summed E-state index contributed by atoms with van der Waals surface area (Å²) in [6.45, 7) is 4.20. The van der Waals surface area contributed by atoms with E-state index in [4.69, 9.17) is 5.73 Å². The summed E-state index contributed by atoms with van der Waals surface area (Å²) < 4.78 is 1.80. The molecule has 1 unspecified atom stereocenters. The first-order chi connectivity index (χ1) is 13.7. The highest BCUT2D eigenvalue weighted by atomic mass is 79.9. The van der Waals surface area contributed by atoms with Gasteiger partial charge in [0.25, 0.3) is 0 Å². The van der Waals surface area contributed by atoms with E-state index < -0.39 is 5.92 Å². The number of Topliss-reactive ketones (excluding diaryl/α,β-unsaturated/α-hetero) is 1. The number of nitrogens with zero attached hydrogens (tertiary/aromatic N) is 2. The maximum absolute atomic E-state index is 13.4. The molecular weight excluding hydrogens is 514 g/mol. The zero-order valence-corrected chi connectivity index (χ0v) is 20.0. The first-order valence-corrected chi connectivity index (χ1v) is 11.6. The normalized spacial score (nSPS) is 21.3. The summed E-state index contributed by atoms with van der Waals surface area (Å²) in [5.74, 6) is 0.0508. The van der Waals surface area contributed by atoms with Crippen molar-refractivity contribution in [1.29, 1.82) is 5.26 Å². The minimum atomic E-state index is -0.423. The molecule has 2 aromatic rings. The molecule has 0 spiro atoms. The highest BCUT2D eigenvalue weighted by molar-refractivity contribution is 9.10. The Morgan fingerprint density at radius 2 is 2.00 bits per heavy atom. The number of ketones is 1. The van der Waals surface area contributed by atoms with Gasteiger partial charge in [-0.2, -0.15) is 5.26 Å². The molecule has 4 nitrogen and oxygen atoms in total. The molecule has 1 aromatic heterocycles. The van der Waals surface area contributed by atoms with Crippen LogP contribution in [0.25, 0.3) is 0 Å². The summed E-state index contributed by atoms with van der Waals surface area (Å²) in [5.41, 5.74) is 9.28. The Kier molecular flexibility index (Phi) is 5.22. The number of para-hydroxylation sites is 1. The van der Waals surface area contributed by atoms with E-state index in [1.165, 1.54) is 11.3 Å². The molecule has 0 radical (unpaired) electrons. The highest BCUT2D eigenvalue weighted by Crippen LogP contribution is 2.51. The fraction of sp³-hybridized carbons (Fsp3) is 0.273. The molecule has 2 N–H and O–H groups in total. The maximum atomic E-state index is 13.4. The molecule has 1 aliphatic heterocycles. The smallest absolute Gasteiger partial charge is 0.162 e. The topological polar surface area (TPSA) is 70.1 Å². The van der Waals surface area contributed by atoms with Crippen molar-refractivity contribution in [2.75, 3.05) is 4.90 Å². The number of halogens is 2. The van der Waals surface area contributed by atoms with Crippen LogP contribution in [0.15, 0.2) is 67.3 Å². The number of benzene rings is 1. The molecule has 0 bridgehead atoms. The van der Waals surface area contributed by atoms with E-state index in [2.05, 4.69) is 51.8 Å². The molecular formula is C22H19Br2N3OS. The minimum absolute atomic E-state index is 0.0862. The Bertz CT molecular complexity index is 1120. The van der Waals surface area contributed by atoms with Crippen LogP contribution in [0.4, 0.5) is 5.69 Å². The van der Waals surface area contributed by atoms with Gasteiger partial charge in [-0.3, -0.25) is 9.69 Å². The molecule has 4 rings (SSSR count). The van der Waals surface area contributed by atoms with Crippen molar-refractivity contribution in [2.45, 2.75) is 32.6 Å². The Morgan fingerprint density at radius 3 is 2.62 bits per heavy atom. The standard InChI is InChI=1S/C22H19Br2N3OS/c1-22(2)8-16-20(17(28)9-22)19(18-7-12(23)11-29-18)13(10-25)21(26)27(16)15-6-4-3-5-14(15)24/h3-7,11,19H,8-9,26H2,1-2H3. The predicted molar refractivity (Wildman–Crippen MR) is 123 cm³/mol. The number of thiophene rings is 1. The predicted octanol–water partition coefficient (Wildman–Crippen LogP) is 6.21. The van der Waals surface area contributed by atoms with Crippen LogP contribution in [0.5, 0.6) is 0 Å². The number of carbonyl (C=O) groups is 1. The molecule has 0 amide bonds. The number of carbonyl (C=O) groups excluding carboxylic acids is 1. The van der Waals surface area contributed by atoms with Crippen molar-refractivity contribution < 1.29 is 4.79 Å². The molecule has 148 valence electrons. The lowest BCUT2D eigenvalue weighted by Gasteiger charge is -2.43. The van der Waals surface area contributed by atoms with Crippen molar-refractivity contribution >= 4 is 54.7 Å². The molecule has 1 atom stereocenters. The lowest BCUT2D eigenvalue weighted by Crippen LogP contribution is -2.42. The summed E-state index contributed by atoms with van der Waals surface area (Å²) in [6, 6.07) is 12.0. The van der Waals surface area contributed by atoms with Crippen LogP contribution in [0.3, 0.4) is 0 Å². The largest absolute Gasteiger partial charge is 0.384 e. The average molecular weight is 533 g/mol. The summed E-state index contributed by atoms with van der Waals surface area (Å²) in [4.78, 5) is 16.2. The van der Waals surface area contributed by atoms with Gasteiger partial charge in [0.1, 0.15) is 5.82 Å². The first kappa shape index (κ1) is 20.4. The second kappa shape index (κ2) is 7.42. The van der Waals surface area contributed by atoms with Gasteiger partial charge in [-0.05, 0) is 61.9 Å². The van der Waals surface area contributed by atoms with Crippen LogP contribution >= 0.6 is 43.2 Å². The third-order valence-corrected chi connectivity index (χ3v) is 7.78. The quantitative estimate of drug-likeness (QED) is 0.498. The van der Waals surface area contributed by atoms with Gasteiger partial charge in [0.15, 0.2) is 5.78 Å². The lowest BCUT2D eigenvalue weighted by atomic mass is 9.69. The highest BCUT2D eigenvalue weighted by Gasteiger charge is 2.45. The molecule has 0 fully saturated rings. The summed E-state index contributed by atoms with van der Waals surface area (Å²) >= 11 is 8.64. The van der Waals surface area contributed by atoms with Crippen LogP contribution in [-0.2, 0) is 4.79 Å². The molecule has 2 aliphatic rings. The van der Waals surface area contributed by atoms with Crippen molar-refractivity contribution in [3.63, 3.8) is 0 Å². The van der Waals surface area contributed by atoms with Crippen molar-refractivity contribution in [3.05, 3.63) is 72.2 Å². The number of hydrogen-bond donors (Lipinski definition) is 1. The number of anilines is 1. The Hall–Kier alpha value is -1.88. The number of nitrogens with two attached hydrogens (primary N) is 1. The van der Waals surface area contributed by atoms with Gasteiger partial charge in [0.2, 0.25) is 0 Å². The van der Waals surface area contributed by atoms with Crippen molar-refractivity contribution in [2.24, 2.45) is 11.1 Å². The summed E-state index contributed by atoms with van der Waals surface area (Å²) in [7, 11) is 0. The van der Waals surface area contributed by atoms with Crippen LogP contribution in [0.1, 0.15) is 37.5 Å². The first-order valence-electron chi connectivity index (χ1n) is 9.18. The van der Waals surface area contributed by atoms with Gasteiger partial charge in [-0.1, -0.05) is 26.0 Å². The second-order valence-electron chi connectivity index (χ2n) is 8.10. The van der Waals surface area contributed by atoms with Gasteiger partial charge >= 0.3 is 0 Å². The molecule has 7 heteroatoms. The number of rotatable bonds is 2. The van der Waals surface area contributed by atoms with Crippen molar-refractivity contribution in [1.82, 2.24) is 0 Å². The SMILES string of the molecule is CC1(C)CC(=O)C2=C(C1)N(c1ccccc1Br)C(N)=C(C#N)C2c1cc(Br)cs1. The van der Waals surface area contributed by atoms with E-state index in [9.17, 15) is 10.1 Å². The van der Waals surface area contributed by atoms with E-state index in [0.717, 1.165) is 25.2 Å². The van der Waals surface area contributed by atoms with Crippen molar-refractivity contribution in [3.8, 4) is 6.07 Å². The number of allylic oxidation sites excluding steroid dienone is 3. The number of hydrogen-bond acceptors (Lipinski definition) is 5. The van der Waals surface area contributed by atoms with Crippen LogP contribution < -0.4 is 10.6 Å². The second-order valence-corrected chi connectivity index (χ2v) is 10.8. The lowest BCUT2D eigenvalue weighted by molar-refractivity contribution is -0.118. The molecule has 1 aromatic carbocycles. The maximum Gasteiger partial charge on any atom is 0.162 e. The molecule has 2 heterocycles. The van der Waals surface area contributed by atoms with E-state index in [-0.39, 0.29) is 11.2 Å². The Morgan fingerprint density at radius 1 is 1.28 bits per heavy atom.